The molecule has 7 heteroatoms. The first-order chi connectivity index (χ1) is 11.6. The SMILES string of the molecule is Cn1ccnc1C(NC(=O)CN1CCOCC1)c1cccc(Cl)c1. The smallest absolute Gasteiger partial charge is 0.235 e. The van der Waals surface area contributed by atoms with E-state index in [2.05, 4.69) is 15.2 Å². The molecule has 1 aromatic carbocycles. The number of ether oxygens (including phenoxy) is 1. The predicted molar refractivity (Wildman–Crippen MR) is 91.9 cm³/mol. The van der Waals surface area contributed by atoms with Crippen LogP contribution in [0.4, 0.5) is 0 Å². The molecule has 128 valence electrons. The number of imidazole rings is 1. The molecular weight excluding hydrogens is 328 g/mol. The highest BCUT2D eigenvalue weighted by Crippen LogP contribution is 2.23. The van der Waals surface area contributed by atoms with Gasteiger partial charge in [0.05, 0.1) is 19.8 Å². The number of nitrogens with one attached hydrogen (secondary N) is 1. The van der Waals surface area contributed by atoms with Crippen LogP contribution in [0, 0.1) is 0 Å². The molecule has 1 fully saturated rings. The van der Waals surface area contributed by atoms with Gasteiger partial charge in [0.1, 0.15) is 11.9 Å². The summed E-state index contributed by atoms with van der Waals surface area (Å²) >= 11 is 6.12. The summed E-state index contributed by atoms with van der Waals surface area (Å²) in [6.45, 7) is 3.24. The number of carbonyl (C=O) groups is 1. The molecule has 1 aliphatic heterocycles. The molecule has 2 aromatic rings. The standard InChI is InChI=1S/C17H21ClN4O2/c1-21-6-5-19-17(21)16(13-3-2-4-14(18)11-13)20-15(23)12-22-7-9-24-10-8-22/h2-6,11,16H,7-10,12H2,1H3,(H,20,23). The van der Waals surface area contributed by atoms with Crippen LogP contribution in [0.25, 0.3) is 0 Å². The normalized spacial score (nSPS) is 16.8. The first kappa shape index (κ1) is 17.0. The van der Waals surface area contributed by atoms with Gasteiger partial charge in [0.15, 0.2) is 0 Å². The minimum Gasteiger partial charge on any atom is -0.379 e. The fourth-order valence-corrected chi connectivity index (χ4v) is 3.01. The van der Waals surface area contributed by atoms with Crippen LogP contribution in [0.15, 0.2) is 36.7 Å². The Kier molecular flexibility index (Phi) is 5.50. The van der Waals surface area contributed by atoms with Gasteiger partial charge in [0.2, 0.25) is 5.91 Å². The molecule has 0 radical (unpaired) electrons. The van der Waals surface area contributed by atoms with Crippen molar-refractivity contribution in [2.45, 2.75) is 6.04 Å². The quantitative estimate of drug-likeness (QED) is 0.892. The fourth-order valence-electron chi connectivity index (χ4n) is 2.81. The van der Waals surface area contributed by atoms with Crippen molar-refractivity contribution in [3.63, 3.8) is 0 Å². The van der Waals surface area contributed by atoms with E-state index in [4.69, 9.17) is 16.3 Å². The molecule has 1 saturated heterocycles. The maximum absolute atomic E-state index is 12.5. The van der Waals surface area contributed by atoms with Gasteiger partial charge < -0.3 is 14.6 Å². The van der Waals surface area contributed by atoms with E-state index in [1.165, 1.54) is 0 Å². The number of carbonyl (C=O) groups excluding carboxylic acids is 1. The van der Waals surface area contributed by atoms with Crippen molar-refractivity contribution in [3.05, 3.63) is 53.1 Å². The van der Waals surface area contributed by atoms with Crippen molar-refractivity contribution in [3.8, 4) is 0 Å². The van der Waals surface area contributed by atoms with Crippen molar-refractivity contribution in [1.29, 1.82) is 0 Å². The number of amides is 1. The van der Waals surface area contributed by atoms with Crippen LogP contribution in [0.1, 0.15) is 17.4 Å². The molecule has 0 bridgehead atoms. The van der Waals surface area contributed by atoms with Crippen LogP contribution in [0.5, 0.6) is 0 Å². The molecule has 6 nitrogen and oxygen atoms in total. The summed E-state index contributed by atoms with van der Waals surface area (Å²) in [6.07, 6.45) is 3.59. The molecule has 1 aliphatic rings. The molecule has 0 spiro atoms. The average Bonchev–Trinajstić information content (AvgIpc) is 2.99. The minimum atomic E-state index is -0.336. The zero-order valence-electron chi connectivity index (χ0n) is 13.6. The van der Waals surface area contributed by atoms with Crippen molar-refractivity contribution in [2.24, 2.45) is 7.05 Å². The Morgan fingerprint density at radius 3 is 2.88 bits per heavy atom. The lowest BCUT2D eigenvalue weighted by Gasteiger charge is -2.27. The number of halogens is 1. The van der Waals surface area contributed by atoms with Gasteiger partial charge in [-0.15, -0.1) is 0 Å². The Hall–Kier alpha value is -1.89. The Labute approximate surface area is 146 Å². The van der Waals surface area contributed by atoms with Crippen LogP contribution in [0.3, 0.4) is 0 Å². The first-order valence-electron chi connectivity index (χ1n) is 7.95. The highest BCUT2D eigenvalue weighted by Gasteiger charge is 2.22. The van der Waals surface area contributed by atoms with Gasteiger partial charge in [-0.2, -0.15) is 0 Å². The lowest BCUT2D eigenvalue weighted by Crippen LogP contribution is -2.44. The number of rotatable bonds is 5. The third-order valence-electron chi connectivity index (χ3n) is 4.07. The maximum atomic E-state index is 12.5. The molecular formula is C17H21ClN4O2. The highest BCUT2D eigenvalue weighted by atomic mass is 35.5. The zero-order valence-corrected chi connectivity index (χ0v) is 14.4. The van der Waals surface area contributed by atoms with Crippen molar-refractivity contribution in [1.82, 2.24) is 19.8 Å². The van der Waals surface area contributed by atoms with E-state index >= 15 is 0 Å². The van der Waals surface area contributed by atoms with E-state index in [1.54, 1.807) is 6.20 Å². The van der Waals surface area contributed by atoms with Gasteiger partial charge in [0.25, 0.3) is 0 Å². The number of morpholine rings is 1. The number of aromatic nitrogens is 2. The summed E-state index contributed by atoms with van der Waals surface area (Å²) in [5.41, 5.74) is 0.909. The predicted octanol–water partition coefficient (Wildman–Crippen LogP) is 1.61. The van der Waals surface area contributed by atoms with Crippen molar-refractivity contribution in [2.75, 3.05) is 32.8 Å². The van der Waals surface area contributed by atoms with Crippen LogP contribution in [-0.2, 0) is 16.6 Å². The lowest BCUT2D eigenvalue weighted by atomic mass is 10.1. The van der Waals surface area contributed by atoms with Crippen molar-refractivity contribution < 1.29 is 9.53 Å². The van der Waals surface area contributed by atoms with E-state index < -0.39 is 0 Å². The Balaban J connectivity index is 1.77. The fraction of sp³-hybridized carbons (Fsp3) is 0.412. The third-order valence-corrected chi connectivity index (χ3v) is 4.31. The lowest BCUT2D eigenvalue weighted by molar-refractivity contribution is -0.123. The molecule has 1 unspecified atom stereocenters. The molecule has 0 aliphatic carbocycles. The molecule has 2 heterocycles. The summed E-state index contributed by atoms with van der Waals surface area (Å²) in [7, 11) is 1.91. The van der Waals surface area contributed by atoms with E-state index in [-0.39, 0.29) is 11.9 Å². The monoisotopic (exact) mass is 348 g/mol. The van der Waals surface area contributed by atoms with Gasteiger partial charge in [-0.3, -0.25) is 9.69 Å². The largest absolute Gasteiger partial charge is 0.379 e. The summed E-state index contributed by atoms with van der Waals surface area (Å²) in [5.74, 6) is 0.734. The number of nitrogens with zero attached hydrogens (tertiary/aromatic N) is 3. The maximum Gasteiger partial charge on any atom is 0.235 e. The Bertz CT molecular complexity index is 697. The number of benzene rings is 1. The number of hydrogen-bond donors (Lipinski definition) is 1. The first-order valence-corrected chi connectivity index (χ1v) is 8.33. The molecule has 0 saturated carbocycles. The average molecular weight is 349 g/mol. The molecule has 1 atom stereocenters. The van der Waals surface area contributed by atoms with Crippen molar-refractivity contribution >= 4 is 17.5 Å². The van der Waals surface area contributed by atoms with Gasteiger partial charge in [-0.25, -0.2) is 4.98 Å². The van der Waals surface area contributed by atoms with Crippen LogP contribution >= 0.6 is 11.6 Å². The second kappa shape index (κ2) is 7.79. The molecule has 1 N–H and O–H groups in total. The number of aryl methyl sites for hydroxylation is 1. The van der Waals surface area contributed by atoms with Gasteiger partial charge in [-0.05, 0) is 17.7 Å². The van der Waals surface area contributed by atoms with Gasteiger partial charge in [0, 0.05) is 37.6 Å². The topological polar surface area (TPSA) is 59.4 Å². The molecule has 1 amide bonds. The van der Waals surface area contributed by atoms with Crippen LogP contribution in [0.2, 0.25) is 5.02 Å². The summed E-state index contributed by atoms with van der Waals surface area (Å²) in [5, 5.41) is 3.72. The van der Waals surface area contributed by atoms with E-state index in [0.29, 0.717) is 24.8 Å². The van der Waals surface area contributed by atoms with Gasteiger partial charge >= 0.3 is 0 Å². The molecule has 1 aromatic heterocycles. The second-order valence-electron chi connectivity index (χ2n) is 5.84. The van der Waals surface area contributed by atoms with Crippen LogP contribution < -0.4 is 5.32 Å². The van der Waals surface area contributed by atoms with E-state index in [0.717, 1.165) is 24.5 Å². The Morgan fingerprint density at radius 2 is 2.21 bits per heavy atom. The molecule has 3 rings (SSSR count). The summed E-state index contributed by atoms with van der Waals surface area (Å²) in [4.78, 5) is 19.0. The summed E-state index contributed by atoms with van der Waals surface area (Å²) < 4.78 is 7.22. The summed E-state index contributed by atoms with van der Waals surface area (Å²) in [6, 6.07) is 7.16. The zero-order chi connectivity index (χ0) is 16.9. The molecule has 24 heavy (non-hydrogen) atoms. The van der Waals surface area contributed by atoms with E-state index in [1.807, 2.05) is 42.1 Å². The van der Waals surface area contributed by atoms with E-state index in [9.17, 15) is 4.79 Å². The third kappa shape index (κ3) is 4.14. The second-order valence-corrected chi connectivity index (χ2v) is 6.28. The number of hydrogen-bond acceptors (Lipinski definition) is 4. The van der Waals surface area contributed by atoms with Crippen LogP contribution in [-0.4, -0.2) is 53.2 Å². The minimum absolute atomic E-state index is 0.0372. The highest BCUT2D eigenvalue weighted by molar-refractivity contribution is 6.30. The Morgan fingerprint density at radius 1 is 1.42 bits per heavy atom. The van der Waals surface area contributed by atoms with Gasteiger partial charge in [-0.1, -0.05) is 23.7 Å².